The third-order valence-corrected chi connectivity index (χ3v) is 3.69. The first-order valence-electron chi connectivity index (χ1n) is 6.80. The lowest BCUT2D eigenvalue weighted by atomic mass is 9.84. The second-order valence-electron chi connectivity index (χ2n) is 5.05. The second-order valence-corrected chi connectivity index (χ2v) is 5.05. The molecule has 0 fully saturated rings. The maximum atomic E-state index is 4.18. The van der Waals surface area contributed by atoms with Crippen LogP contribution in [0.5, 0.6) is 0 Å². The van der Waals surface area contributed by atoms with Gasteiger partial charge in [-0.15, -0.1) is 0 Å². The van der Waals surface area contributed by atoms with E-state index in [-0.39, 0.29) is 0 Å². The first-order valence-corrected chi connectivity index (χ1v) is 6.80. The highest BCUT2D eigenvalue weighted by molar-refractivity contribution is 5.54. The summed E-state index contributed by atoms with van der Waals surface area (Å²) in [6, 6.07) is 0. The molecule has 0 N–H and O–H groups in total. The van der Waals surface area contributed by atoms with Crippen LogP contribution in [0.15, 0.2) is 70.9 Å². The highest BCUT2D eigenvalue weighted by Crippen LogP contribution is 2.33. The Bertz CT molecular complexity index is 490. The van der Waals surface area contributed by atoms with E-state index < -0.39 is 0 Å². The highest BCUT2D eigenvalue weighted by Gasteiger charge is 2.14. The average Bonchev–Trinajstić information content (AvgIpc) is 2.40. The van der Waals surface area contributed by atoms with Gasteiger partial charge in [0.25, 0.3) is 0 Å². The van der Waals surface area contributed by atoms with Crippen molar-refractivity contribution in [2.45, 2.75) is 39.5 Å². The summed E-state index contributed by atoms with van der Waals surface area (Å²) in [4.78, 5) is 0. The molecular formula is C18H22. The standard InChI is InChI=1S/C18H22/c1-4-8-14(2)18-13-17(12-11-15(18)3)16-9-6-5-7-10-16/h4-6,8-9,13H,2,7,10-12H2,1,3H3/b8-4-. The van der Waals surface area contributed by atoms with Crippen LogP contribution in [0.1, 0.15) is 39.5 Å². The van der Waals surface area contributed by atoms with Gasteiger partial charge in [-0.3, -0.25) is 0 Å². The molecule has 0 bridgehead atoms. The largest absolute Gasteiger partial charge is 0.0912 e. The van der Waals surface area contributed by atoms with Crippen molar-refractivity contribution in [2.75, 3.05) is 0 Å². The zero-order valence-electron chi connectivity index (χ0n) is 11.5. The van der Waals surface area contributed by atoms with Crippen LogP contribution in [0, 0.1) is 0 Å². The topological polar surface area (TPSA) is 0 Å². The molecule has 0 heteroatoms. The van der Waals surface area contributed by atoms with Crippen LogP contribution in [0.3, 0.4) is 0 Å². The number of hydrogen-bond acceptors (Lipinski definition) is 0. The Balaban J connectivity index is 2.29. The van der Waals surface area contributed by atoms with Crippen molar-refractivity contribution in [1.82, 2.24) is 0 Å². The molecular weight excluding hydrogens is 216 g/mol. The van der Waals surface area contributed by atoms with Crippen LogP contribution in [-0.2, 0) is 0 Å². The molecule has 0 saturated carbocycles. The fourth-order valence-electron chi connectivity index (χ4n) is 2.61. The Hall–Kier alpha value is -1.56. The summed E-state index contributed by atoms with van der Waals surface area (Å²) < 4.78 is 0. The van der Waals surface area contributed by atoms with Crippen molar-refractivity contribution in [1.29, 1.82) is 0 Å². The van der Waals surface area contributed by atoms with Crippen LogP contribution in [-0.4, -0.2) is 0 Å². The van der Waals surface area contributed by atoms with Crippen LogP contribution in [0.4, 0.5) is 0 Å². The van der Waals surface area contributed by atoms with Gasteiger partial charge in [-0.25, -0.2) is 0 Å². The van der Waals surface area contributed by atoms with Gasteiger partial charge in [-0.2, -0.15) is 0 Å². The van der Waals surface area contributed by atoms with E-state index in [0.717, 1.165) is 5.57 Å². The van der Waals surface area contributed by atoms with Crippen LogP contribution in [0.25, 0.3) is 0 Å². The summed E-state index contributed by atoms with van der Waals surface area (Å²) >= 11 is 0. The van der Waals surface area contributed by atoms with Gasteiger partial charge in [-0.05, 0) is 61.8 Å². The van der Waals surface area contributed by atoms with Gasteiger partial charge in [-0.1, -0.05) is 48.6 Å². The molecule has 0 unspecified atom stereocenters. The molecule has 0 heterocycles. The lowest BCUT2D eigenvalue weighted by Gasteiger charge is -2.21. The Kier molecular flexibility index (Phi) is 4.19. The minimum Gasteiger partial charge on any atom is -0.0912 e. The number of hydrogen-bond donors (Lipinski definition) is 0. The van der Waals surface area contributed by atoms with Gasteiger partial charge in [0.05, 0.1) is 0 Å². The average molecular weight is 238 g/mol. The molecule has 0 amide bonds. The maximum absolute atomic E-state index is 4.18. The third-order valence-electron chi connectivity index (χ3n) is 3.69. The Morgan fingerprint density at radius 1 is 1.22 bits per heavy atom. The van der Waals surface area contributed by atoms with Crippen LogP contribution < -0.4 is 0 Å². The van der Waals surface area contributed by atoms with Gasteiger partial charge in [0.1, 0.15) is 0 Å². The molecule has 0 aliphatic heterocycles. The predicted octanol–water partition coefficient (Wildman–Crippen LogP) is 5.43. The monoisotopic (exact) mass is 238 g/mol. The highest BCUT2D eigenvalue weighted by atomic mass is 14.2. The maximum Gasteiger partial charge on any atom is -0.0198 e. The Morgan fingerprint density at radius 3 is 2.72 bits per heavy atom. The third kappa shape index (κ3) is 2.81. The SMILES string of the molecule is C=C(/C=C\C)C1=C(C)CCC(C2=CC=CCC2)=C1. The van der Waals surface area contributed by atoms with Gasteiger partial charge in [0.2, 0.25) is 0 Å². The predicted molar refractivity (Wildman–Crippen MR) is 80.4 cm³/mol. The zero-order valence-corrected chi connectivity index (χ0v) is 11.5. The lowest BCUT2D eigenvalue weighted by molar-refractivity contribution is 0.860. The van der Waals surface area contributed by atoms with Crippen molar-refractivity contribution < 1.29 is 0 Å². The summed E-state index contributed by atoms with van der Waals surface area (Å²) in [6.45, 7) is 8.45. The smallest absolute Gasteiger partial charge is 0.0198 e. The molecule has 94 valence electrons. The molecule has 0 aromatic rings. The fourth-order valence-corrected chi connectivity index (χ4v) is 2.61. The van der Waals surface area contributed by atoms with E-state index in [9.17, 15) is 0 Å². The molecule has 2 aliphatic carbocycles. The van der Waals surface area contributed by atoms with E-state index in [1.54, 1.807) is 0 Å². The van der Waals surface area contributed by atoms with E-state index in [4.69, 9.17) is 0 Å². The van der Waals surface area contributed by atoms with E-state index in [0.29, 0.717) is 0 Å². The Morgan fingerprint density at radius 2 is 2.06 bits per heavy atom. The van der Waals surface area contributed by atoms with E-state index >= 15 is 0 Å². The Labute approximate surface area is 111 Å². The first kappa shape index (κ1) is 12.9. The van der Waals surface area contributed by atoms with Crippen molar-refractivity contribution in [3.63, 3.8) is 0 Å². The van der Waals surface area contributed by atoms with Crippen LogP contribution in [0.2, 0.25) is 0 Å². The molecule has 2 aliphatic rings. The summed E-state index contributed by atoms with van der Waals surface area (Å²) in [7, 11) is 0. The molecule has 0 radical (unpaired) electrons. The summed E-state index contributed by atoms with van der Waals surface area (Å²) in [5.74, 6) is 0. The van der Waals surface area contributed by atoms with Crippen LogP contribution >= 0.6 is 0 Å². The number of allylic oxidation sites excluding steroid dienone is 11. The molecule has 0 spiro atoms. The van der Waals surface area contributed by atoms with Crippen molar-refractivity contribution in [2.24, 2.45) is 0 Å². The molecule has 0 aromatic heterocycles. The van der Waals surface area contributed by atoms with E-state index in [1.807, 2.05) is 6.92 Å². The van der Waals surface area contributed by atoms with E-state index in [1.165, 1.54) is 48.0 Å². The molecule has 18 heavy (non-hydrogen) atoms. The second kappa shape index (κ2) is 5.86. The quantitative estimate of drug-likeness (QED) is 0.575. The molecule has 0 nitrogen and oxygen atoms in total. The van der Waals surface area contributed by atoms with Gasteiger partial charge >= 0.3 is 0 Å². The summed E-state index contributed by atoms with van der Waals surface area (Å²) in [6.07, 6.45) is 17.9. The molecule has 2 rings (SSSR count). The normalized spacial score (nSPS) is 20.1. The molecule has 0 atom stereocenters. The minimum absolute atomic E-state index is 1.14. The van der Waals surface area contributed by atoms with Gasteiger partial charge in [0.15, 0.2) is 0 Å². The van der Waals surface area contributed by atoms with Crippen molar-refractivity contribution in [3.05, 3.63) is 70.9 Å². The number of rotatable bonds is 3. The summed E-state index contributed by atoms with van der Waals surface area (Å²) in [5.41, 5.74) is 6.96. The fraction of sp³-hybridized carbons (Fsp3) is 0.333. The van der Waals surface area contributed by atoms with Gasteiger partial charge < -0.3 is 0 Å². The van der Waals surface area contributed by atoms with Crippen molar-refractivity contribution in [3.8, 4) is 0 Å². The van der Waals surface area contributed by atoms with Crippen molar-refractivity contribution >= 4 is 0 Å². The minimum atomic E-state index is 1.14. The summed E-state index contributed by atoms with van der Waals surface area (Å²) in [5, 5.41) is 0. The lowest BCUT2D eigenvalue weighted by Crippen LogP contribution is -2.02. The van der Waals surface area contributed by atoms with E-state index in [2.05, 4.69) is 50.0 Å². The molecule has 0 saturated heterocycles. The molecule has 0 aromatic carbocycles. The zero-order chi connectivity index (χ0) is 13.0. The first-order chi connectivity index (χ1) is 8.72. The van der Waals surface area contributed by atoms with Gasteiger partial charge in [0, 0.05) is 0 Å².